The number of aromatic hydroxyl groups is 1. The van der Waals surface area contributed by atoms with Crippen LogP contribution in [0.5, 0.6) is 5.75 Å². The van der Waals surface area contributed by atoms with E-state index in [0.29, 0.717) is 25.0 Å². The molecule has 1 heterocycles. The molecule has 3 aliphatic rings. The molecule has 0 saturated carbocycles. The Balaban J connectivity index is 1.88. The number of carbonyl (C=O) groups excluding carboxylic acids is 1. The molecule has 128 valence electrons. The summed E-state index contributed by atoms with van der Waals surface area (Å²) in [7, 11) is 0. The maximum absolute atomic E-state index is 11.9. The topological polar surface area (TPSA) is 66.8 Å². The Morgan fingerprint density at radius 3 is 2.79 bits per heavy atom. The predicted molar refractivity (Wildman–Crippen MR) is 89.8 cm³/mol. The van der Waals surface area contributed by atoms with E-state index in [1.54, 1.807) is 0 Å². The molecule has 0 radical (unpaired) electrons. The average Bonchev–Trinajstić information content (AvgIpc) is 2.90. The van der Waals surface area contributed by atoms with Crippen LogP contribution in [0.1, 0.15) is 68.7 Å². The highest BCUT2D eigenvalue weighted by Gasteiger charge is 2.51. The van der Waals surface area contributed by atoms with Crippen molar-refractivity contribution in [3.8, 4) is 5.75 Å². The van der Waals surface area contributed by atoms with Gasteiger partial charge in [0.2, 0.25) is 0 Å². The van der Waals surface area contributed by atoms with Gasteiger partial charge in [0.15, 0.2) is 0 Å². The van der Waals surface area contributed by atoms with Crippen molar-refractivity contribution in [2.24, 2.45) is 5.92 Å². The van der Waals surface area contributed by atoms with Crippen LogP contribution in [0.25, 0.3) is 0 Å². The minimum Gasteiger partial charge on any atom is -0.507 e. The number of esters is 1. The van der Waals surface area contributed by atoms with Crippen LogP contribution >= 0.6 is 0 Å². The molecule has 0 spiro atoms. The maximum Gasteiger partial charge on any atom is 0.334 e. The van der Waals surface area contributed by atoms with E-state index in [0.717, 1.165) is 28.7 Å². The summed E-state index contributed by atoms with van der Waals surface area (Å²) in [5.74, 6) is 0.354. The molecule has 2 N–H and O–H groups in total. The minimum atomic E-state index is -0.709. The van der Waals surface area contributed by atoms with Crippen molar-refractivity contribution < 1.29 is 19.7 Å². The van der Waals surface area contributed by atoms with E-state index in [2.05, 4.69) is 13.0 Å². The summed E-state index contributed by atoms with van der Waals surface area (Å²) in [6.45, 7) is 6.64. The highest BCUT2D eigenvalue weighted by atomic mass is 16.5. The summed E-state index contributed by atoms with van der Waals surface area (Å²) in [4.78, 5) is 11.9. The van der Waals surface area contributed by atoms with Crippen molar-refractivity contribution in [3.63, 3.8) is 0 Å². The van der Waals surface area contributed by atoms with Gasteiger partial charge in [-0.15, -0.1) is 0 Å². The summed E-state index contributed by atoms with van der Waals surface area (Å²) in [5, 5.41) is 21.5. The van der Waals surface area contributed by atoms with Crippen molar-refractivity contribution in [1.82, 2.24) is 0 Å². The van der Waals surface area contributed by atoms with Gasteiger partial charge in [-0.3, -0.25) is 0 Å². The van der Waals surface area contributed by atoms with Gasteiger partial charge in [-0.2, -0.15) is 0 Å². The van der Waals surface area contributed by atoms with Crippen molar-refractivity contribution in [1.29, 1.82) is 0 Å². The van der Waals surface area contributed by atoms with Gasteiger partial charge in [-0.25, -0.2) is 4.79 Å². The molecule has 4 rings (SSSR count). The molecule has 0 unspecified atom stereocenters. The number of aliphatic hydroxyl groups excluding tert-OH is 1. The van der Waals surface area contributed by atoms with E-state index >= 15 is 0 Å². The lowest BCUT2D eigenvalue weighted by Crippen LogP contribution is -2.42. The number of cyclic esters (lactones) is 1. The Morgan fingerprint density at radius 1 is 1.33 bits per heavy atom. The molecule has 0 aromatic heterocycles. The fraction of sp³-hybridized carbons (Fsp3) is 0.550. The van der Waals surface area contributed by atoms with Crippen LogP contribution in [0.15, 0.2) is 23.3 Å². The maximum atomic E-state index is 11.9. The number of carbonyl (C=O) groups is 1. The second-order valence-electron chi connectivity index (χ2n) is 7.92. The molecule has 4 nitrogen and oxygen atoms in total. The molecule has 1 aliphatic heterocycles. The zero-order chi connectivity index (χ0) is 17.2. The predicted octanol–water partition coefficient (Wildman–Crippen LogP) is 3.47. The molecule has 1 aromatic carbocycles. The van der Waals surface area contributed by atoms with E-state index in [1.807, 2.05) is 19.9 Å². The van der Waals surface area contributed by atoms with E-state index in [9.17, 15) is 15.0 Å². The normalized spacial score (nSPS) is 31.6. The standard InChI is InChI=1S/C20H24O4/c1-10(2)11-4-5-14-17(18(11)22)16(21)8-15-13-9-24-19(23)12(13)6-7-20(14,15)3/h4-5,10,15-16,21-22H,6-9H2,1-3H3/t15-,16-,20-/m1/s1. The number of phenols is 1. The van der Waals surface area contributed by atoms with E-state index in [1.165, 1.54) is 0 Å². The smallest absolute Gasteiger partial charge is 0.334 e. The molecule has 3 atom stereocenters. The van der Waals surface area contributed by atoms with Crippen molar-refractivity contribution in [2.75, 3.05) is 6.61 Å². The quantitative estimate of drug-likeness (QED) is 0.775. The SMILES string of the molecule is CC(C)c1ccc2c(c1O)[C@H](O)C[C@@H]1C3=C(CC[C@]21C)C(=O)OC3. The van der Waals surface area contributed by atoms with Crippen LogP contribution in [0.2, 0.25) is 0 Å². The lowest BCUT2D eigenvalue weighted by Gasteiger charge is -2.48. The zero-order valence-electron chi connectivity index (χ0n) is 14.4. The van der Waals surface area contributed by atoms with Gasteiger partial charge in [0.25, 0.3) is 0 Å². The number of hydrogen-bond donors (Lipinski definition) is 2. The van der Waals surface area contributed by atoms with Crippen molar-refractivity contribution in [3.05, 3.63) is 40.0 Å². The van der Waals surface area contributed by atoms with Gasteiger partial charge in [-0.05, 0) is 47.8 Å². The van der Waals surface area contributed by atoms with Gasteiger partial charge in [-0.1, -0.05) is 32.9 Å². The van der Waals surface area contributed by atoms with Crippen LogP contribution in [-0.2, 0) is 14.9 Å². The average molecular weight is 328 g/mol. The minimum absolute atomic E-state index is 0.0968. The highest BCUT2D eigenvalue weighted by molar-refractivity contribution is 5.92. The van der Waals surface area contributed by atoms with Gasteiger partial charge in [0.1, 0.15) is 12.4 Å². The largest absolute Gasteiger partial charge is 0.507 e. The molecule has 24 heavy (non-hydrogen) atoms. The molecular formula is C20H24O4. The summed E-state index contributed by atoms with van der Waals surface area (Å²) < 4.78 is 5.25. The van der Waals surface area contributed by atoms with Crippen LogP contribution in [-0.4, -0.2) is 22.8 Å². The Hall–Kier alpha value is -1.81. The fourth-order valence-electron chi connectivity index (χ4n) is 4.96. The zero-order valence-corrected chi connectivity index (χ0v) is 14.4. The van der Waals surface area contributed by atoms with E-state index in [4.69, 9.17) is 4.74 Å². The first-order valence-corrected chi connectivity index (χ1v) is 8.78. The van der Waals surface area contributed by atoms with E-state index < -0.39 is 6.10 Å². The number of rotatable bonds is 1. The second kappa shape index (κ2) is 5.09. The summed E-state index contributed by atoms with van der Waals surface area (Å²) in [6.07, 6.45) is 1.38. The van der Waals surface area contributed by atoms with Gasteiger partial charge < -0.3 is 14.9 Å². The van der Waals surface area contributed by atoms with Crippen LogP contribution in [0.3, 0.4) is 0 Å². The number of ether oxygens (including phenoxy) is 1. The summed E-state index contributed by atoms with van der Waals surface area (Å²) in [6, 6.07) is 4.06. The fourth-order valence-corrected chi connectivity index (χ4v) is 4.96. The third-order valence-electron chi connectivity index (χ3n) is 6.35. The molecule has 1 aromatic rings. The second-order valence-corrected chi connectivity index (χ2v) is 7.92. The first-order chi connectivity index (χ1) is 11.3. The van der Waals surface area contributed by atoms with Crippen LogP contribution in [0, 0.1) is 5.92 Å². The lowest BCUT2D eigenvalue weighted by atomic mass is 9.56. The molecule has 0 fully saturated rings. The summed E-state index contributed by atoms with van der Waals surface area (Å²) >= 11 is 0. The monoisotopic (exact) mass is 328 g/mol. The molecule has 4 heteroatoms. The molecule has 0 saturated heterocycles. The molecule has 0 amide bonds. The Bertz CT molecular complexity index is 761. The third kappa shape index (κ3) is 1.92. The first-order valence-electron chi connectivity index (χ1n) is 8.78. The molecule has 2 aliphatic carbocycles. The Labute approximate surface area is 142 Å². The Morgan fingerprint density at radius 2 is 2.08 bits per heavy atom. The lowest BCUT2D eigenvalue weighted by molar-refractivity contribution is -0.136. The number of aliphatic hydroxyl groups is 1. The highest BCUT2D eigenvalue weighted by Crippen LogP contribution is 2.57. The Kier molecular flexibility index (Phi) is 3.33. The van der Waals surface area contributed by atoms with Gasteiger partial charge in [0, 0.05) is 16.6 Å². The number of hydrogen-bond acceptors (Lipinski definition) is 4. The molecule has 0 bridgehead atoms. The molecular weight excluding hydrogens is 304 g/mol. The summed E-state index contributed by atoms with van der Waals surface area (Å²) in [5.41, 5.74) is 4.30. The van der Waals surface area contributed by atoms with Crippen LogP contribution in [0.4, 0.5) is 0 Å². The third-order valence-corrected chi connectivity index (χ3v) is 6.35. The van der Waals surface area contributed by atoms with Gasteiger partial charge in [0.05, 0.1) is 6.10 Å². The van der Waals surface area contributed by atoms with Crippen LogP contribution < -0.4 is 0 Å². The van der Waals surface area contributed by atoms with Crippen molar-refractivity contribution in [2.45, 2.75) is 57.5 Å². The van der Waals surface area contributed by atoms with Gasteiger partial charge >= 0.3 is 5.97 Å². The first kappa shape index (κ1) is 15.7. The number of benzene rings is 1. The van der Waals surface area contributed by atoms with E-state index in [-0.39, 0.29) is 29.0 Å². The van der Waals surface area contributed by atoms with Crippen molar-refractivity contribution >= 4 is 5.97 Å². The number of phenolic OH excluding ortho intramolecular Hbond substituents is 1. The number of fused-ring (bicyclic) bond motifs is 4.